The van der Waals surface area contributed by atoms with Gasteiger partial charge in [0.2, 0.25) is 11.8 Å². The lowest BCUT2D eigenvalue weighted by Crippen LogP contribution is -2.47. The van der Waals surface area contributed by atoms with E-state index in [9.17, 15) is 19.7 Å². The first-order chi connectivity index (χ1) is 14.6. The number of hydrazine groups is 1. The number of hydrogen-bond acceptors (Lipinski definition) is 5. The van der Waals surface area contributed by atoms with E-state index in [1.807, 2.05) is 13.8 Å². The largest absolute Gasteiger partial charge is 0.352 e. The maximum Gasteiger partial charge on any atom is 0.251 e. The molecule has 31 heavy (non-hydrogen) atoms. The Bertz CT molecular complexity index is 757. The molecule has 1 aromatic carbocycles. The van der Waals surface area contributed by atoms with Crippen molar-refractivity contribution >= 4 is 29.4 Å². The van der Waals surface area contributed by atoms with Crippen molar-refractivity contribution in [3.63, 3.8) is 0 Å². The molecular formula is C20H30ClN6O4. The number of nitro groups is 1. The van der Waals surface area contributed by atoms with E-state index in [1.165, 1.54) is 0 Å². The maximum absolute atomic E-state index is 12.7. The van der Waals surface area contributed by atoms with E-state index in [-0.39, 0.29) is 18.4 Å². The molecule has 1 radical (unpaired) electrons. The Hall–Kier alpha value is -2.88. The summed E-state index contributed by atoms with van der Waals surface area (Å²) >= 11 is 5.89. The molecule has 1 aromatic rings. The smallest absolute Gasteiger partial charge is 0.251 e. The molecule has 0 bridgehead atoms. The number of halogens is 1. The van der Waals surface area contributed by atoms with Crippen molar-refractivity contribution in [3.05, 3.63) is 51.5 Å². The molecule has 0 fully saturated rings. The van der Waals surface area contributed by atoms with E-state index < -0.39 is 23.0 Å². The van der Waals surface area contributed by atoms with Crippen LogP contribution in [0.4, 0.5) is 0 Å². The number of nitrogens with one attached hydrogen (secondary N) is 5. The van der Waals surface area contributed by atoms with Crippen molar-refractivity contribution < 1.29 is 14.6 Å². The topological polar surface area (TPSA) is 149 Å². The first-order valence-corrected chi connectivity index (χ1v) is 10.4. The number of amides is 2. The van der Waals surface area contributed by atoms with E-state index in [1.54, 1.807) is 43.2 Å². The van der Waals surface area contributed by atoms with Gasteiger partial charge in [-0.05, 0) is 49.8 Å². The molecule has 0 aliphatic rings. The normalized spacial score (nSPS) is 12.5. The Balaban J connectivity index is 2.68. The Morgan fingerprint density at radius 1 is 1.19 bits per heavy atom. The van der Waals surface area contributed by atoms with Gasteiger partial charge in [0, 0.05) is 18.1 Å². The van der Waals surface area contributed by atoms with Crippen LogP contribution in [-0.2, 0) is 9.59 Å². The molecule has 2 atom stereocenters. The Morgan fingerprint density at radius 2 is 1.84 bits per heavy atom. The zero-order valence-corrected chi connectivity index (χ0v) is 18.7. The molecule has 0 aliphatic heterocycles. The summed E-state index contributed by atoms with van der Waals surface area (Å²) in [4.78, 5) is 35.6. The van der Waals surface area contributed by atoms with Gasteiger partial charge in [0.1, 0.15) is 6.04 Å². The van der Waals surface area contributed by atoms with Gasteiger partial charge in [-0.15, -0.1) is 0 Å². The summed E-state index contributed by atoms with van der Waals surface area (Å²) in [6.07, 6.45) is 1.39. The molecule has 0 aliphatic carbocycles. The van der Waals surface area contributed by atoms with Gasteiger partial charge in [-0.3, -0.25) is 15.0 Å². The number of guanidine groups is 1. The van der Waals surface area contributed by atoms with Crippen molar-refractivity contribution in [2.45, 2.75) is 52.0 Å². The number of nitrogens with zero attached hydrogens (tertiary/aromatic N) is 1. The van der Waals surface area contributed by atoms with E-state index in [0.29, 0.717) is 30.2 Å². The van der Waals surface area contributed by atoms with Gasteiger partial charge in [0.25, 0.3) is 5.96 Å². The van der Waals surface area contributed by atoms with Crippen molar-refractivity contribution in [2.24, 2.45) is 5.92 Å². The van der Waals surface area contributed by atoms with Crippen LogP contribution in [0.25, 0.3) is 0 Å². The summed E-state index contributed by atoms with van der Waals surface area (Å²) in [6.45, 7) is 7.68. The molecule has 2 amide bonds. The third-order valence-corrected chi connectivity index (χ3v) is 4.66. The molecule has 1 rings (SSSR count). The second-order valence-corrected chi connectivity index (χ2v) is 7.93. The molecule has 5 N–H and O–H groups in total. The average molecular weight is 454 g/mol. The number of carbonyl (C=O) groups excluding carboxylic acids is 2. The van der Waals surface area contributed by atoms with E-state index >= 15 is 0 Å². The fraction of sp³-hybridized carbons (Fsp3) is 0.500. The lowest BCUT2D eigenvalue weighted by Gasteiger charge is -2.21. The molecule has 171 valence electrons. The highest BCUT2D eigenvalue weighted by molar-refractivity contribution is 6.30. The monoisotopic (exact) mass is 453 g/mol. The SMILES string of the molecule is CC(C)C[CH]NC(=O)[C@H](CCCNC(=N)N[N+](=O)[O-])NC(=O)C(C)c1ccc(Cl)cc1. The zero-order chi connectivity index (χ0) is 23.4. The fourth-order valence-corrected chi connectivity index (χ4v) is 2.74. The highest BCUT2D eigenvalue weighted by Crippen LogP contribution is 2.18. The first-order valence-electron chi connectivity index (χ1n) is 10.0. The van der Waals surface area contributed by atoms with Gasteiger partial charge in [0.15, 0.2) is 5.03 Å². The van der Waals surface area contributed by atoms with E-state index in [0.717, 1.165) is 5.56 Å². The minimum absolute atomic E-state index is 0.224. The van der Waals surface area contributed by atoms with E-state index in [4.69, 9.17) is 17.0 Å². The van der Waals surface area contributed by atoms with Gasteiger partial charge < -0.3 is 16.0 Å². The summed E-state index contributed by atoms with van der Waals surface area (Å²) < 4.78 is 0. The molecule has 10 nitrogen and oxygen atoms in total. The third kappa shape index (κ3) is 10.6. The predicted octanol–water partition coefficient (Wildman–Crippen LogP) is 2.34. The van der Waals surface area contributed by atoms with Gasteiger partial charge in [-0.1, -0.05) is 43.0 Å². The van der Waals surface area contributed by atoms with Gasteiger partial charge >= 0.3 is 0 Å². The van der Waals surface area contributed by atoms with Crippen LogP contribution in [0.5, 0.6) is 0 Å². The lowest BCUT2D eigenvalue weighted by atomic mass is 9.99. The summed E-state index contributed by atoms with van der Waals surface area (Å²) in [5.74, 6) is -1.19. The van der Waals surface area contributed by atoms with Crippen LogP contribution >= 0.6 is 11.6 Å². The Kier molecular flexibility index (Phi) is 11.3. The molecule has 0 aromatic heterocycles. The predicted molar refractivity (Wildman–Crippen MR) is 119 cm³/mol. The Morgan fingerprint density at radius 3 is 2.42 bits per heavy atom. The summed E-state index contributed by atoms with van der Waals surface area (Å²) in [7, 11) is 0. The van der Waals surface area contributed by atoms with Crippen molar-refractivity contribution in [1.29, 1.82) is 5.41 Å². The highest BCUT2D eigenvalue weighted by atomic mass is 35.5. The second-order valence-electron chi connectivity index (χ2n) is 7.49. The number of benzene rings is 1. The van der Waals surface area contributed by atoms with Gasteiger partial charge in [-0.2, -0.15) is 0 Å². The molecule has 11 heteroatoms. The molecule has 0 saturated heterocycles. The van der Waals surface area contributed by atoms with Crippen LogP contribution in [-0.4, -0.2) is 35.4 Å². The Labute approximate surface area is 187 Å². The van der Waals surface area contributed by atoms with E-state index in [2.05, 4.69) is 16.0 Å². The second kappa shape index (κ2) is 13.4. The highest BCUT2D eigenvalue weighted by Gasteiger charge is 2.24. The molecular weight excluding hydrogens is 424 g/mol. The minimum atomic E-state index is -0.839. The minimum Gasteiger partial charge on any atom is -0.352 e. The molecule has 0 saturated carbocycles. The number of rotatable bonds is 12. The van der Waals surface area contributed by atoms with Crippen LogP contribution in [0.15, 0.2) is 24.3 Å². The van der Waals surface area contributed by atoms with Gasteiger partial charge in [-0.25, -0.2) is 10.1 Å². The standard InChI is InChI=1S/C20H30ClN6O4/c1-13(2)10-12-23-19(29)17(5-4-11-24-20(22)26-27(30)31)25-18(28)14(3)15-6-8-16(21)9-7-15/h6-9,12-14,17H,4-5,10-11H2,1-3H3,(H,23,29)(H,25,28)(H3,22,24,26)/t14?,17-/m0/s1. The summed E-state index contributed by atoms with van der Waals surface area (Å²) in [5, 5.41) is 25.5. The number of carbonyl (C=O) groups is 2. The molecule has 0 heterocycles. The first kappa shape index (κ1) is 26.2. The van der Waals surface area contributed by atoms with Crippen LogP contribution in [0, 0.1) is 28.0 Å². The van der Waals surface area contributed by atoms with Crippen LogP contribution in [0.3, 0.4) is 0 Å². The summed E-state index contributed by atoms with van der Waals surface area (Å²) in [5.41, 5.74) is 2.46. The van der Waals surface area contributed by atoms with Crippen molar-refractivity contribution in [2.75, 3.05) is 6.54 Å². The van der Waals surface area contributed by atoms with Crippen LogP contribution in [0.1, 0.15) is 51.5 Å². The lowest BCUT2D eigenvalue weighted by molar-refractivity contribution is -0.525. The van der Waals surface area contributed by atoms with Crippen LogP contribution in [0.2, 0.25) is 5.02 Å². The van der Waals surface area contributed by atoms with Gasteiger partial charge in [0.05, 0.1) is 5.92 Å². The molecule has 1 unspecified atom stereocenters. The zero-order valence-electron chi connectivity index (χ0n) is 17.9. The fourth-order valence-electron chi connectivity index (χ4n) is 2.61. The number of hydrogen-bond donors (Lipinski definition) is 5. The average Bonchev–Trinajstić information content (AvgIpc) is 2.69. The third-order valence-electron chi connectivity index (χ3n) is 4.40. The van der Waals surface area contributed by atoms with Crippen molar-refractivity contribution in [3.8, 4) is 0 Å². The summed E-state index contributed by atoms with van der Waals surface area (Å²) in [6, 6.07) is 6.13. The van der Waals surface area contributed by atoms with Crippen LogP contribution < -0.4 is 21.4 Å². The van der Waals surface area contributed by atoms with Crippen molar-refractivity contribution in [1.82, 2.24) is 21.4 Å². The quantitative estimate of drug-likeness (QED) is 0.108. The maximum atomic E-state index is 12.7. The molecule has 0 spiro atoms.